The normalized spacial score (nSPS) is 16.6. The van der Waals surface area contributed by atoms with Crippen LogP contribution in [0, 0.1) is 0 Å². The van der Waals surface area contributed by atoms with Crippen molar-refractivity contribution in [3.63, 3.8) is 0 Å². The zero-order valence-electron chi connectivity index (χ0n) is 14.5. The van der Waals surface area contributed by atoms with Crippen molar-refractivity contribution in [2.75, 3.05) is 5.32 Å². The van der Waals surface area contributed by atoms with Gasteiger partial charge in [-0.3, -0.25) is 4.79 Å². The van der Waals surface area contributed by atoms with Crippen LogP contribution in [-0.4, -0.2) is 21.9 Å². The molecule has 2 heterocycles. The van der Waals surface area contributed by atoms with Crippen molar-refractivity contribution < 1.29 is 18.7 Å². The summed E-state index contributed by atoms with van der Waals surface area (Å²) in [6.07, 6.45) is 5.28. The van der Waals surface area contributed by atoms with Crippen LogP contribution in [0.3, 0.4) is 0 Å². The summed E-state index contributed by atoms with van der Waals surface area (Å²) >= 11 is 0. The van der Waals surface area contributed by atoms with Gasteiger partial charge in [-0.15, -0.1) is 10.2 Å². The molecule has 1 aliphatic carbocycles. The first-order valence-corrected chi connectivity index (χ1v) is 8.91. The molecule has 1 fully saturated rings. The lowest BCUT2D eigenvalue weighted by Crippen LogP contribution is -2.34. The summed E-state index contributed by atoms with van der Waals surface area (Å²) in [7, 11) is 0. The Hall–Kier alpha value is -3.35. The highest BCUT2D eigenvalue weighted by atomic mass is 16.7. The third kappa shape index (κ3) is 2.91. The van der Waals surface area contributed by atoms with E-state index in [2.05, 4.69) is 15.5 Å². The number of amides is 1. The van der Waals surface area contributed by atoms with E-state index in [0.717, 1.165) is 37.0 Å². The van der Waals surface area contributed by atoms with E-state index in [9.17, 15) is 4.79 Å². The molecule has 2 aromatic carbocycles. The van der Waals surface area contributed by atoms with Gasteiger partial charge in [0.1, 0.15) is 0 Å². The number of benzene rings is 2. The molecule has 1 aromatic heterocycles. The number of hydrogen-bond donors (Lipinski definition) is 1. The van der Waals surface area contributed by atoms with Gasteiger partial charge in [0.05, 0.1) is 0 Å². The van der Waals surface area contributed by atoms with E-state index in [4.69, 9.17) is 13.9 Å². The number of anilines is 1. The second-order valence-corrected chi connectivity index (χ2v) is 6.76. The maximum atomic E-state index is 12.5. The van der Waals surface area contributed by atoms with Gasteiger partial charge in [0.15, 0.2) is 11.5 Å². The van der Waals surface area contributed by atoms with E-state index < -0.39 is 5.79 Å². The Balaban J connectivity index is 1.30. The third-order valence-electron chi connectivity index (χ3n) is 4.91. The molecule has 3 aromatic rings. The molecule has 1 amide bonds. The lowest BCUT2D eigenvalue weighted by atomic mass is 10.1. The van der Waals surface area contributed by atoms with Gasteiger partial charge in [-0.1, -0.05) is 0 Å². The van der Waals surface area contributed by atoms with Crippen molar-refractivity contribution in [3.05, 3.63) is 54.4 Å². The van der Waals surface area contributed by atoms with Crippen molar-refractivity contribution in [3.8, 4) is 23.0 Å². The molecule has 0 bridgehead atoms. The Labute approximate surface area is 155 Å². The van der Waals surface area contributed by atoms with Crippen molar-refractivity contribution in [2.24, 2.45) is 0 Å². The largest absolute Gasteiger partial charge is 0.448 e. The highest BCUT2D eigenvalue weighted by Gasteiger charge is 2.44. The number of fused-ring (bicyclic) bond motifs is 1. The molecule has 7 nitrogen and oxygen atoms in total. The molecule has 0 unspecified atom stereocenters. The summed E-state index contributed by atoms with van der Waals surface area (Å²) in [5.74, 6) is 1.12. The molecule has 0 atom stereocenters. The zero-order chi connectivity index (χ0) is 18.3. The minimum absolute atomic E-state index is 0.207. The first-order valence-electron chi connectivity index (χ1n) is 8.91. The fraction of sp³-hybridized carbons (Fsp3) is 0.250. The lowest BCUT2D eigenvalue weighted by Gasteiger charge is -2.21. The topological polar surface area (TPSA) is 86.5 Å². The standard InChI is InChI=1S/C20H17N3O4/c24-18(13-3-5-14(6-4-13)19-23-21-12-25-19)22-15-7-8-16-17(11-15)27-20(26-16)9-1-2-10-20/h3-8,11-12H,1-2,9-10H2,(H,22,24). The number of ether oxygens (including phenoxy) is 2. The molecule has 1 saturated carbocycles. The Morgan fingerprint density at radius 1 is 1.00 bits per heavy atom. The van der Waals surface area contributed by atoms with Gasteiger partial charge in [0, 0.05) is 35.7 Å². The van der Waals surface area contributed by atoms with Gasteiger partial charge in [-0.05, 0) is 49.2 Å². The lowest BCUT2D eigenvalue weighted by molar-refractivity contribution is -0.0716. The van der Waals surface area contributed by atoms with Gasteiger partial charge in [0.25, 0.3) is 11.7 Å². The molecule has 27 heavy (non-hydrogen) atoms. The smallest absolute Gasteiger partial charge is 0.255 e. The monoisotopic (exact) mass is 363 g/mol. The first-order chi connectivity index (χ1) is 13.2. The van der Waals surface area contributed by atoms with Crippen LogP contribution < -0.4 is 14.8 Å². The molecule has 0 saturated heterocycles. The molecule has 1 spiro atoms. The van der Waals surface area contributed by atoms with Crippen LogP contribution in [0.25, 0.3) is 11.5 Å². The number of carbonyl (C=O) groups is 1. The third-order valence-corrected chi connectivity index (χ3v) is 4.91. The predicted octanol–water partition coefficient (Wildman–Crippen LogP) is 4.03. The Morgan fingerprint density at radius 3 is 2.52 bits per heavy atom. The minimum Gasteiger partial charge on any atom is -0.448 e. The maximum Gasteiger partial charge on any atom is 0.255 e. The number of nitrogens with one attached hydrogen (secondary N) is 1. The van der Waals surface area contributed by atoms with Crippen LogP contribution in [0.4, 0.5) is 5.69 Å². The molecule has 2 aliphatic rings. The number of hydrogen-bond acceptors (Lipinski definition) is 6. The van der Waals surface area contributed by atoms with E-state index in [-0.39, 0.29) is 5.91 Å². The van der Waals surface area contributed by atoms with Crippen LogP contribution in [0.15, 0.2) is 53.3 Å². The highest BCUT2D eigenvalue weighted by molar-refractivity contribution is 6.04. The van der Waals surface area contributed by atoms with Gasteiger partial charge < -0.3 is 19.2 Å². The summed E-state index contributed by atoms with van der Waals surface area (Å²) in [6, 6.07) is 12.5. The van der Waals surface area contributed by atoms with Crippen LogP contribution in [0.5, 0.6) is 11.5 Å². The molecule has 5 rings (SSSR count). The minimum atomic E-state index is -0.504. The van der Waals surface area contributed by atoms with E-state index in [1.807, 2.05) is 18.2 Å². The molecule has 136 valence electrons. The average molecular weight is 363 g/mol. The number of rotatable bonds is 3. The molecule has 7 heteroatoms. The Kier molecular flexibility index (Phi) is 3.60. The Morgan fingerprint density at radius 2 is 1.78 bits per heavy atom. The van der Waals surface area contributed by atoms with Crippen molar-refractivity contribution in [1.82, 2.24) is 10.2 Å². The highest BCUT2D eigenvalue weighted by Crippen LogP contribution is 2.47. The summed E-state index contributed by atoms with van der Waals surface area (Å²) in [4.78, 5) is 12.5. The van der Waals surface area contributed by atoms with Gasteiger partial charge in [0.2, 0.25) is 12.3 Å². The van der Waals surface area contributed by atoms with Gasteiger partial charge in [-0.2, -0.15) is 0 Å². The summed E-state index contributed by atoms with van der Waals surface area (Å²) < 4.78 is 17.2. The molecule has 1 aliphatic heterocycles. The second kappa shape index (κ2) is 6.12. The SMILES string of the molecule is O=C(Nc1ccc2c(c1)OC1(CCCC1)O2)c1ccc(-c2nnco2)cc1. The molecule has 1 N–H and O–H groups in total. The van der Waals surface area contributed by atoms with Crippen LogP contribution in [0.1, 0.15) is 36.0 Å². The van der Waals surface area contributed by atoms with Crippen LogP contribution >= 0.6 is 0 Å². The van der Waals surface area contributed by atoms with E-state index in [0.29, 0.717) is 22.9 Å². The second-order valence-electron chi connectivity index (χ2n) is 6.76. The van der Waals surface area contributed by atoms with E-state index >= 15 is 0 Å². The predicted molar refractivity (Wildman–Crippen MR) is 96.6 cm³/mol. The average Bonchev–Trinajstić information content (AvgIpc) is 3.43. The van der Waals surface area contributed by atoms with Gasteiger partial charge >= 0.3 is 0 Å². The molecular weight excluding hydrogens is 346 g/mol. The summed E-state index contributed by atoms with van der Waals surface area (Å²) in [5, 5.41) is 10.4. The first kappa shape index (κ1) is 15.9. The summed E-state index contributed by atoms with van der Waals surface area (Å²) in [6.45, 7) is 0. The van der Waals surface area contributed by atoms with Crippen LogP contribution in [0.2, 0.25) is 0 Å². The number of aromatic nitrogens is 2. The Bertz CT molecular complexity index is 977. The van der Waals surface area contributed by atoms with E-state index in [1.54, 1.807) is 24.3 Å². The van der Waals surface area contributed by atoms with E-state index in [1.165, 1.54) is 6.39 Å². The van der Waals surface area contributed by atoms with Crippen molar-refractivity contribution in [1.29, 1.82) is 0 Å². The van der Waals surface area contributed by atoms with Gasteiger partial charge in [-0.25, -0.2) is 0 Å². The fourth-order valence-electron chi connectivity index (χ4n) is 3.56. The summed E-state index contributed by atoms with van der Waals surface area (Å²) in [5.41, 5.74) is 1.95. The molecular formula is C20H17N3O4. The van der Waals surface area contributed by atoms with Crippen molar-refractivity contribution >= 4 is 11.6 Å². The number of carbonyl (C=O) groups excluding carboxylic acids is 1. The quantitative estimate of drug-likeness (QED) is 0.756. The van der Waals surface area contributed by atoms with Crippen LogP contribution in [-0.2, 0) is 0 Å². The van der Waals surface area contributed by atoms with Crippen molar-refractivity contribution in [2.45, 2.75) is 31.5 Å². The zero-order valence-corrected chi connectivity index (χ0v) is 14.5. The molecule has 0 radical (unpaired) electrons. The number of nitrogens with zero attached hydrogens (tertiary/aromatic N) is 2. The fourth-order valence-corrected chi connectivity index (χ4v) is 3.56. The maximum absolute atomic E-state index is 12.5.